The van der Waals surface area contributed by atoms with Gasteiger partial charge in [-0.15, -0.1) is 215 Å². The van der Waals surface area contributed by atoms with Crippen LogP contribution in [0.25, 0.3) is 101 Å². The smallest absolute Gasteiger partial charge is 0.162 e. The van der Waals surface area contributed by atoms with Crippen LogP contribution in [-0.4, -0.2) is 64.8 Å². The molecular formula is C84H67Ir3N13-6. The first-order chi connectivity index (χ1) is 52.3. The summed E-state index contributed by atoms with van der Waals surface area (Å²) < 4.78 is 87.5. The molecule has 501 valence electrons. The molecule has 6 aromatic carbocycles. The number of aromatic nitrogens is 13. The molecular weight excluding hydrogens is 1770 g/mol. The van der Waals surface area contributed by atoms with Crippen LogP contribution in [0.15, 0.2) is 280 Å². The Morgan fingerprint density at radius 2 is 0.610 bits per heavy atom. The average molecular weight is 1850 g/mol. The summed E-state index contributed by atoms with van der Waals surface area (Å²) in [5.41, 5.74) is 15.5. The fourth-order valence-corrected chi connectivity index (χ4v) is 8.96. The van der Waals surface area contributed by atoms with Gasteiger partial charge in [0, 0.05) is 144 Å². The summed E-state index contributed by atoms with van der Waals surface area (Å²) in [6, 6.07) is 87.3. The van der Waals surface area contributed by atoms with E-state index in [0.717, 1.165) is 102 Å². The van der Waals surface area contributed by atoms with E-state index in [0.29, 0.717) is 17.2 Å². The van der Waals surface area contributed by atoms with Crippen molar-refractivity contribution in [1.82, 2.24) is 64.8 Å². The van der Waals surface area contributed by atoms with Crippen molar-refractivity contribution in [2.75, 3.05) is 0 Å². The Balaban J connectivity index is 0.000000186. The molecule has 100 heavy (non-hydrogen) atoms. The molecule has 0 saturated carbocycles. The molecule has 0 spiro atoms. The zero-order valence-electron chi connectivity index (χ0n) is 65.9. The minimum atomic E-state index is -2.37. The van der Waals surface area contributed by atoms with Gasteiger partial charge in [-0.1, -0.05) is 54.6 Å². The first-order valence-electron chi connectivity index (χ1n) is 36.2. The second-order valence-corrected chi connectivity index (χ2v) is 20.8. The van der Waals surface area contributed by atoms with E-state index in [2.05, 4.69) is 101 Å². The maximum Gasteiger partial charge on any atom is 0.162 e. The molecule has 0 aliphatic heterocycles. The largest absolute Gasteiger partial charge is 0.305 e. The van der Waals surface area contributed by atoms with E-state index in [1.54, 1.807) is 92.4 Å². The van der Waals surface area contributed by atoms with Crippen molar-refractivity contribution in [1.29, 1.82) is 0 Å². The quantitative estimate of drug-likeness (QED) is 0.125. The Labute approximate surface area is 643 Å². The van der Waals surface area contributed by atoms with Crippen molar-refractivity contribution in [3.8, 4) is 101 Å². The molecule has 0 bridgehead atoms. The van der Waals surface area contributed by atoms with Gasteiger partial charge in [0.25, 0.3) is 0 Å². The van der Waals surface area contributed by atoms with Gasteiger partial charge in [0.15, 0.2) is 5.82 Å². The zero-order chi connectivity index (χ0) is 77.4. The fourth-order valence-electron chi connectivity index (χ4n) is 8.96. The van der Waals surface area contributed by atoms with Crippen LogP contribution in [0.1, 0.15) is 56.4 Å². The van der Waals surface area contributed by atoms with Crippen LogP contribution in [0.2, 0.25) is 0 Å². The van der Waals surface area contributed by atoms with Gasteiger partial charge in [-0.3, -0.25) is 0 Å². The van der Waals surface area contributed by atoms with Gasteiger partial charge in [-0.05, 0) is 134 Å². The average Bonchev–Trinajstić information content (AvgIpc) is 0.810. The Hall–Kier alpha value is -10.7. The number of hydrogen-bond acceptors (Lipinski definition) is 13. The molecule has 0 fully saturated rings. The summed E-state index contributed by atoms with van der Waals surface area (Å²) in [6.07, 6.45) is 14.8. The second-order valence-electron chi connectivity index (χ2n) is 20.8. The number of hydrogen-bond donors (Lipinski definition) is 0. The number of aryl methyl sites for hydroxylation is 7. The third-order valence-corrected chi connectivity index (χ3v) is 13.7. The van der Waals surface area contributed by atoms with Crippen LogP contribution < -0.4 is 0 Å². The predicted molar refractivity (Wildman–Crippen MR) is 385 cm³/mol. The van der Waals surface area contributed by atoms with Gasteiger partial charge in [0.2, 0.25) is 0 Å². The van der Waals surface area contributed by atoms with Gasteiger partial charge < -0.3 is 29.9 Å². The van der Waals surface area contributed by atoms with Crippen LogP contribution in [0.3, 0.4) is 0 Å². The Kier molecular flexibility index (Phi) is 24.4. The SMILES string of the molecule is Cc1ncc(-c2ccnc(-c3[c-]cccc3)c2)cn1.Cc1nccc(-c2ccnc(-c3[c-]cccc3)c2)n1.[2H]C([2H])([2H])c1ccc(-c2[c-]cccc2)nc1.[2H]C([2H])([2H])c1ccc(-c2[c-]cccc2)nc1.[2H]C([2H])([2H])c1ccc(-c2[c-]cccc2)nc1.[2H]C([2H])([2H])c1nc(C)nc(-c2ccnc(-c3[c-]cccc3)c2)n1.[Ir].[Ir].[Ir]. The van der Waals surface area contributed by atoms with Crippen molar-refractivity contribution in [3.05, 3.63) is 357 Å². The van der Waals surface area contributed by atoms with Crippen LogP contribution in [-0.2, 0) is 60.3 Å². The summed E-state index contributed by atoms with van der Waals surface area (Å²) in [5, 5.41) is 0. The van der Waals surface area contributed by atoms with Gasteiger partial charge in [0.05, 0.1) is 5.69 Å². The molecule has 9 heterocycles. The van der Waals surface area contributed by atoms with Crippen molar-refractivity contribution in [2.24, 2.45) is 0 Å². The predicted octanol–water partition coefficient (Wildman–Crippen LogP) is 18.2. The number of pyridine rings is 6. The zero-order valence-corrected chi connectivity index (χ0v) is 61.1. The molecule has 0 amide bonds. The molecule has 3 radical (unpaired) electrons. The summed E-state index contributed by atoms with van der Waals surface area (Å²) in [4.78, 5) is 54.7. The molecule has 13 nitrogen and oxygen atoms in total. The van der Waals surface area contributed by atoms with E-state index in [-0.39, 0.29) is 82.8 Å². The van der Waals surface area contributed by atoms with Crippen molar-refractivity contribution in [2.45, 2.75) is 48.2 Å². The summed E-state index contributed by atoms with van der Waals surface area (Å²) in [5.74, 6) is 2.02. The topological polar surface area (TPSA) is 168 Å². The Bertz CT molecular complexity index is 5110. The van der Waals surface area contributed by atoms with Crippen molar-refractivity contribution in [3.63, 3.8) is 0 Å². The van der Waals surface area contributed by atoms with E-state index in [4.69, 9.17) is 16.4 Å². The molecule has 0 N–H and O–H groups in total. The van der Waals surface area contributed by atoms with E-state index in [1.807, 2.05) is 190 Å². The van der Waals surface area contributed by atoms with E-state index >= 15 is 0 Å². The van der Waals surface area contributed by atoms with Crippen LogP contribution in [0.5, 0.6) is 0 Å². The molecule has 9 aromatic heterocycles. The summed E-state index contributed by atoms with van der Waals surface area (Å²) >= 11 is 0. The number of rotatable bonds is 9. The van der Waals surface area contributed by atoms with Crippen molar-refractivity contribution >= 4 is 0 Å². The second kappa shape index (κ2) is 40.3. The van der Waals surface area contributed by atoms with Crippen LogP contribution in [0.4, 0.5) is 0 Å². The maximum absolute atomic E-state index is 7.47. The van der Waals surface area contributed by atoms with E-state index in [9.17, 15) is 0 Å². The minimum Gasteiger partial charge on any atom is -0.305 e. The molecule has 0 aliphatic rings. The minimum absolute atomic E-state index is 0. The standard InChI is InChI=1S/C16H13N4.2C16H12N3.3C12H10N.3Ir/c1-11-18-12(2)20-16(19-11)14-8-9-17-15(10-14)13-6-4-3-5-7-13;1-12-17-10-8-15(19-12)14-7-9-18-16(11-14)13-5-3-2-4-6-13;1-12-18-10-15(11-19-12)14-7-8-17-16(9-14)13-5-3-2-4-6-13;3*1-10-7-8-12(13-9-10)11-5-3-2-4-6-11;;;/h3-6,8-10H,1-2H3;2*2-5,7-11H,1H3;3*2-5,7-9H,1H3;;;/q6*-1;;;/i1D3;;;3*1D3;;;. The normalized spacial score (nSPS) is 12.2. The van der Waals surface area contributed by atoms with Gasteiger partial charge in [-0.2, -0.15) is 0 Å². The summed E-state index contributed by atoms with van der Waals surface area (Å²) in [7, 11) is 0. The van der Waals surface area contributed by atoms with Gasteiger partial charge >= 0.3 is 0 Å². The van der Waals surface area contributed by atoms with Gasteiger partial charge in [0.1, 0.15) is 23.3 Å². The molecule has 0 atom stereocenters. The first kappa shape index (κ1) is 60.5. The molecule has 0 aliphatic carbocycles. The van der Waals surface area contributed by atoms with Crippen molar-refractivity contribution < 1.29 is 76.8 Å². The third-order valence-electron chi connectivity index (χ3n) is 13.7. The molecule has 0 saturated heterocycles. The fraction of sp³-hybridized carbons (Fsp3) is 0.0833. The summed E-state index contributed by atoms with van der Waals surface area (Å²) in [6.45, 7) is -3.24. The third kappa shape index (κ3) is 23.8. The van der Waals surface area contributed by atoms with Gasteiger partial charge in [-0.25, -0.2) is 34.9 Å². The van der Waals surface area contributed by atoms with Crippen LogP contribution in [0, 0.1) is 84.6 Å². The van der Waals surface area contributed by atoms with Crippen LogP contribution >= 0.6 is 0 Å². The van der Waals surface area contributed by atoms with E-state index in [1.165, 1.54) is 18.6 Å². The van der Waals surface area contributed by atoms with E-state index < -0.39 is 27.4 Å². The molecule has 16 heteroatoms. The first-order valence-corrected chi connectivity index (χ1v) is 30.2. The molecule has 0 unspecified atom stereocenters. The number of benzene rings is 6. The Morgan fingerprint density at radius 1 is 0.250 bits per heavy atom. The monoisotopic (exact) mass is 1850 g/mol. The maximum atomic E-state index is 7.47. The Morgan fingerprint density at radius 3 is 0.970 bits per heavy atom. The number of nitrogens with zero attached hydrogens (tertiary/aromatic N) is 13. The molecule has 15 rings (SSSR count). The molecule has 15 aromatic rings.